The summed E-state index contributed by atoms with van der Waals surface area (Å²) in [6.07, 6.45) is 4.69. The summed E-state index contributed by atoms with van der Waals surface area (Å²) in [4.78, 5) is 26.6. The molecule has 0 aliphatic rings. The van der Waals surface area contributed by atoms with Crippen LogP contribution in [0.3, 0.4) is 0 Å². The Balaban J connectivity index is 1.98. The number of hydrogen-bond acceptors (Lipinski definition) is 4. The van der Waals surface area contributed by atoms with Crippen molar-refractivity contribution in [3.8, 4) is 0 Å². The molecule has 1 amide bonds. The number of aromatic nitrogens is 1. The smallest absolute Gasteiger partial charge is 0.305 e. The summed E-state index contributed by atoms with van der Waals surface area (Å²) in [5.74, 6) is -0.153. The van der Waals surface area contributed by atoms with Gasteiger partial charge in [0, 0.05) is 31.3 Å². The number of rotatable bonds is 10. The monoisotopic (exact) mass is 306 g/mol. The van der Waals surface area contributed by atoms with Gasteiger partial charge in [0.25, 0.3) is 0 Å². The van der Waals surface area contributed by atoms with Gasteiger partial charge in [-0.3, -0.25) is 14.6 Å². The van der Waals surface area contributed by atoms with Gasteiger partial charge in [0.2, 0.25) is 5.91 Å². The first-order chi connectivity index (χ1) is 10.6. The van der Waals surface area contributed by atoms with Crippen molar-refractivity contribution in [1.29, 1.82) is 0 Å². The van der Waals surface area contributed by atoms with Crippen molar-refractivity contribution in [1.82, 2.24) is 10.3 Å². The van der Waals surface area contributed by atoms with E-state index >= 15 is 0 Å². The van der Waals surface area contributed by atoms with Crippen LogP contribution in [-0.2, 0) is 20.7 Å². The zero-order chi connectivity index (χ0) is 16.2. The number of ether oxygens (including phenoxy) is 1. The molecule has 1 aromatic heterocycles. The third kappa shape index (κ3) is 9.10. The standard InChI is InChI=1S/C17H26N2O3/c1-14-8-6-9-16(19-14)10-7-13-22-17(21)11-4-3-5-12-18-15(2)20/h6,8-9H,3-5,7,10-13H2,1-2H3,(H,18,20). The molecule has 0 fully saturated rings. The predicted octanol–water partition coefficient (Wildman–Crippen LogP) is 2.56. The van der Waals surface area contributed by atoms with Crippen LogP contribution in [0, 0.1) is 6.92 Å². The zero-order valence-corrected chi connectivity index (χ0v) is 13.6. The van der Waals surface area contributed by atoms with Gasteiger partial charge in [-0.05, 0) is 44.7 Å². The Bertz CT molecular complexity index is 475. The van der Waals surface area contributed by atoms with E-state index in [1.54, 1.807) is 0 Å². The highest BCUT2D eigenvalue weighted by atomic mass is 16.5. The molecule has 22 heavy (non-hydrogen) atoms. The molecule has 1 heterocycles. The van der Waals surface area contributed by atoms with Crippen molar-refractivity contribution in [2.75, 3.05) is 13.2 Å². The molecule has 1 aromatic rings. The molecule has 122 valence electrons. The minimum atomic E-state index is -0.142. The second-order valence-corrected chi connectivity index (χ2v) is 5.39. The summed E-state index contributed by atoms with van der Waals surface area (Å²) in [6.45, 7) is 4.59. The molecule has 0 spiro atoms. The molecule has 5 nitrogen and oxygen atoms in total. The van der Waals surface area contributed by atoms with Gasteiger partial charge in [-0.1, -0.05) is 12.5 Å². The highest BCUT2D eigenvalue weighted by Gasteiger charge is 2.03. The molecule has 0 bridgehead atoms. The van der Waals surface area contributed by atoms with Gasteiger partial charge in [0.05, 0.1) is 6.61 Å². The van der Waals surface area contributed by atoms with E-state index in [4.69, 9.17) is 4.74 Å². The van der Waals surface area contributed by atoms with Gasteiger partial charge in [0.15, 0.2) is 0 Å². The van der Waals surface area contributed by atoms with Crippen LogP contribution in [0.2, 0.25) is 0 Å². The van der Waals surface area contributed by atoms with Crippen molar-refractivity contribution in [2.45, 2.75) is 52.4 Å². The lowest BCUT2D eigenvalue weighted by atomic mass is 10.2. The van der Waals surface area contributed by atoms with Crippen molar-refractivity contribution < 1.29 is 14.3 Å². The first-order valence-corrected chi connectivity index (χ1v) is 7.90. The fraction of sp³-hybridized carbons (Fsp3) is 0.588. The number of hydrogen-bond donors (Lipinski definition) is 1. The molecule has 0 unspecified atom stereocenters. The Morgan fingerprint density at radius 1 is 1.18 bits per heavy atom. The fourth-order valence-electron chi connectivity index (χ4n) is 2.09. The molecule has 0 aromatic carbocycles. The lowest BCUT2D eigenvalue weighted by Crippen LogP contribution is -2.20. The molecule has 0 atom stereocenters. The van der Waals surface area contributed by atoms with E-state index in [-0.39, 0.29) is 11.9 Å². The third-order valence-electron chi connectivity index (χ3n) is 3.22. The molecule has 0 saturated heterocycles. The number of unbranched alkanes of at least 4 members (excludes halogenated alkanes) is 2. The maximum Gasteiger partial charge on any atom is 0.305 e. The Kier molecular flexibility index (Phi) is 8.88. The predicted molar refractivity (Wildman–Crippen MR) is 85.4 cm³/mol. The molecule has 0 aliphatic heterocycles. The maximum atomic E-state index is 11.5. The van der Waals surface area contributed by atoms with Crippen LogP contribution >= 0.6 is 0 Å². The topological polar surface area (TPSA) is 68.3 Å². The Labute approximate surface area is 132 Å². The van der Waals surface area contributed by atoms with Gasteiger partial charge in [-0.25, -0.2) is 0 Å². The van der Waals surface area contributed by atoms with Crippen molar-refractivity contribution >= 4 is 11.9 Å². The number of carbonyl (C=O) groups is 2. The van der Waals surface area contributed by atoms with Crippen molar-refractivity contribution in [2.24, 2.45) is 0 Å². The molecule has 1 rings (SSSR count). The zero-order valence-electron chi connectivity index (χ0n) is 13.6. The number of carbonyl (C=O) groups excluding carboxylic acids is 2. The van der Waals surface area contributed by atoms with Crippen LogP contribution in [0.5, 0.6) is 0 Å². The number of amides is 1. The second-order valence-electron chi connectivity index (χ2n) is 5.39. The summed E-state index contributed by atoms with van der Waals surface area (Å²) < 4.78 is 5.20. The quantitative estimate of drug-likeness (QED) is 0.533. The van der Waals surface area contributed by atoms with E-state index in [2.05, 4.69) is 10.3 Å². The maximum absolute atomic E-state index is 11.5. The van der Waals surface area contributed by atoms with Crippen LogP contribution in [-0.4, -0.2) is 30.0 Å². The van der Waals surface area contributed by atoms with Gasteiger partial charge in [-0.15, -0.1) is 0 Å². The van der Waals surface area contributed by atoms with E-state index in [0.717, 1.165) is 43.5 Å². The molecule has 0 radical (unpaired) electrons. The summed E-state index contributed by atoms with van der Waals surface area (Å²) in [7, 11) is 0. The molecule has 5 heteroatoms. The van der Waals surface area contributed by atoms with E-state index < -0.39 is 0 Å². The molecule has 0 saturated carbocycles. The van der Waals surface area contributed by atoms with E-state index in [1.807, 2.05) is 25.1 Å². The van der Waals surface area contributed by atoms with Gasteiger partial charge in [-0.2, -0.15) is 0 Å². The van der Waals surface area contributed by atoms with Gasteiger partial charge >= 0.3 is 5.97 Å². The Hall–Kier alpha value is -1.91. The minimum absolute atomic E-state index is 0.0116. The van der Waals surface area contributed by atoms with Crippen molar-refractivity contribution in [3.05, 3.63) is 29.6 Å². The SMILES string of the molecule is CC(=O)NCCCCCC(=O)OCCCc1cccc(C)n1. The number of nitrogens with one attached hydrogen (secondary N) is 1. The first-order valence-electron chi connectivity index (χ1n) is 7.90. The van der Waals surface area contributed by atoms with Crippen LogP contribution in [0.15, 0.2) is 18.2 Å². The third-order valence-corrected chi connectivity index (χ3v) is 3.22. The van der Waals surface area contributed by atoms with Crippen LogP contribution in [0.25, 0.3) is 0 Å². The Morgan fingerprint density at radius 2 is 2.00 bits per heavy atom. The van der Waals surface area contributed by atoms with Crippen LogP contribution < -0.4 is 5.32 Å². The average Bonchev–Trinajstić information content (AvgIpc) is 2.47. The van der Waals surface area contributed by atoms with E-state index in [1.165, 1.54) is 6.92 Å². The van der Waals surface area contributed by atoms with Gasteiger partial charge < -0.3 is 10.1 Å². The highest BCUT2D eigenvalue weighted by Crippen LogP contribution is 2.04. The summed E-state index contributed by atoms with van der Waals surface area (Å²) >= 11 is 0. The number of esters is 1. The molecule has 0 aliphatic carbocycles. The van der Waals surface area contributed by atoms with E-state index in [0.29, 0.717) is 19.6 Å². The number of nitrogens with zero attached hydrogens (tertiary/aromatic N) is 1. The Morgan fingerprint density at radius 3 is 2.73 bits per heavy atom. The fourth-order valence-corrected chi connectivity index (χ4v) is 2.09. The minimum Gasteiger partial charge on any atom is -0.466 e. The summed E-state index contributed by atoms with van der Waals surface area (Å²) in [6, 6.07) is 5.95. The normalized spacial score (nSPS) is 10.3. The molecular formula is C17H26N2O3. The van der Waals surface area contributed by atoms with Crippen LogP contribution in [0.1, 0.15) is 50.4 Å². The first kappa shape index (κ1) is 18.1. The highest BCUT2D eigenvalue weighted by molar-refractivity contribution is 5.72. The summed E-state index contributed by atoms with van der Waals surface area (Å²) in [5.41, 5.74) is 2.04. The lowest BCUT2D eigenvalue weighted by Gasteiger charge is -2.05. The van der Waals surface area contributed by atoms with E-state index in [9.17, 15) is 9.59 Å². The summed E-state index contributed by atoms with van der Waals surface area (Å²) in [5, 5.41) is 2.73. The molecular weight excluding hydrogens is 280 g/mol. The number of aryl methyl sites for hydroxylation is 2. The van der Waals surface area contributed by atoms with Crippen molar-refractivity contribution in [3.63, 3.8) is 0 Å². The average molecular weight is 306 g/mol. The second kappa shape index (κ2) is 10.8. The molecule has 1 N–H and O–H groups in total. The van der Waals surface area contributed by atoms with Gasteiger partial charge in [0.1, 0.15) is 0 Å². The largest absolute Gasteiger partial charge is 0.466 e. The van der Waals surface area contributed by atoms with Crippen LogP contribution in [0.4, 0.5) is 0 Å². The lowest BCUT2D eigenvalue weighted by molar-refractivity contribution is -0.143. The number of pyridine rings is 1.